The minimum Gasteiger partial charge on any atom is -0.494 e. The number of carbonyl (C=O) groups excluding carboxylic acids is 2. The SMILES string of the molecule is CCOc1ccc(CC(=O)Nc2nc3c(s2)C(=O)CC(C)(C)C3)cc1. The number of hydrogen-bond donors (Lipinski definition) is 1. The molecule has 2 aromatic rings. The molecule has 0 saturated heterocycles. The maximum atomic E-state index is 12.3. The number of anilines is 1. The fraction of sp³-hybridized carbons (Fsp3) is 0.421. The van der Waals surface area contributed by atoms with E-state index in [1.54, 1.807) is 0 Å². The fourth-order valence-electron chi connectivity index (χ4n) is 2.99. The van der Waals surface area contributed by atoms with Crippen LogP contribution in [0.3, 0.4) is 0 Å². The van der Waals surface area contributed by atoms with Gasteiger partial charge in [0, 0.05) is 6.42 Å². The molecule has 1 amide bonds. The molecule has 1 aromatic carbocycles. The predicted octanol–water partition coefficient (Wildman–Crippen LogP) is 3.88. The maximum absolute atomic E-state index is 12.3. The quantitative estimate of drug-likeness (QED) is 0.881. The van der Waals surface area contributed by atoms with Gasteiger partial charge in [-0.05, 0) is 36.5 Å². The highest BCUT2D eigenvalue weighted by atomic mass is 32.1. The van der Waals surface area contributed by atoms with Gasteiger partial charge in [0.2, 0.25) is 5.91 Å². The molecule has 0 radical (unpaired) electrons. The normalized spacial score (nSPS) is 15.6. The largest absolute Gasteiger partial charge is 0.494 e. The number of Topliss-reactive ketones (excluding diaryl/α,β-unsaturated/α-hetero) is 1. The number of aromatic nitrogens is 1. The van der Waals surface area contributed by atoms with Crippen LogP contribution in [0.15, 0.2) is 24.3 Å². The Bertz CT molecular complexity index is 794. The van der Waals surface area contributed by atoms with E-state index < -0.39 is 0 Å². The Morgan fingerprint density at radius 2 is 2.00 bits per heavy atom. The van der Waals surface area contributed by atoms with Crippen molar-refractivity contribution in [2.75, 3.05) is 11.9 Å². The smallest absolute Gasteiger partial charge is 0.230 e. The second kappa shape index (κ2) is 6.96. The summed E-state index contributed by atoms with van der Waals surface area (Å²) in [6, 6.07) is 7.47. The highest BCUT2D eigenvalue weighted by Gasteiger charge is 2.34. The van der Waals surface area contributed by atoms with Gasteiger partial charge in [-0.25, -0.2) is 4.98 Å². The van der Waals surface area contributed by atoms with Crippen LogP contribution in [-0.4, -0.2) is 23.3 Å². The molecule has 0 aliphatic heterocycles. The summed E-state index contributed by atoms with van der Waals surface area (Å²) >= 11 is 1.28. The molecule has 132 valence electrons. The van der Waals surface area contributed by atoms with Gasteiger partial charge in [-0.15, -0.1) is 0 Å². The molecule has 0 spiro atoms. The molecule has 1 aliphatic rings. The number of fused-ring (bicyclic) bond motifs is 1. The summed E-state index contributed by atoms with van der Waals surface area (Å²) < 4.78 is 5.39. The number of thiazole rings is 1. The second-order valence-corrected chi connectivity index (χ2v) is 8.04. The van der Waals surface area contributed by atoms with Crippen LogP contribution in [0, 0.1) is 5.41 Å². The molecule has 0 fully saturated rings. The van der Waals surface area contributed by atoms with Crippen molar-refractivity contribution in [1.82, 2.24) is 4.98 Å². The molecule has 5 nitrogen and oxygen atoms in total. The van der Waals surface area contributed by atoms with E-state index in [1.165, 1.54) is 11.3 Å². The lowest BCUT2D eigenvalue weighted by Gasteiger charge is -2.26. The van der Waals surface area contributed by atoms with Crippen molar-refractivity contribution in [3.05, 3.63) is 40.4 Å². The lowest BCUT2D eigenvalue weighted by atomic mass is 9.78. The number of nitrogens with one attached hydrogen (secondary N) is 1. The number of ketones is 1. The number of amides is 1. The molecular formula is C19H22N2O3S. The van der Waals surface area contributed by atoms with Crippen molar-refractivity contribution in [1.29, 1.82) is 0 Å². The van der Waals surface area contributed by atoms with Gasteiger partial charge in [0.1, 0.15) is 5.75 Å². The van der Waals surface area contributed by atoms with Crippen molar-refractivity contribution in [3.63, 3.8) is 0 Å². The minimum atomic E-state index is -0.137. The van der Waals surface area contributed by atoms with Crippen LogP contribution < -0.4 is 10.1 Å². The summed E-state index contributed by atoms with van der Waals surface area (Å²) in [7, 11) is 0. The van der Waals surface area contributed by atoms with Crippen molar-refractivity contribution in [2.24, 2.45) is 5.41 Å². The summed E-state index contributed by atoms with van der Waals surface area (Å²) in [6.45, 7) is 6.68. The molecule has 0 saturated carbocycles. The van der Waals surface area contributed by atoms with Gasteiger partial charge in [-0.1, -0.05) is 37.3 Å². The van der Waals surface area contributed by atoms with Crippen LogP contribution in [0.4, 0.5) is 5.13 Å². The van der Waals surface area contributed by atoms with Crippen LogP contribution in [0.5, 0.6) is 5.75 Å². The summed E-state index contributed by atoms with van der Waals surface area (Å²) in [6.07, 6.45) is 1.55. The van der Waals surface area contributed by atoms with Gasteiger partial charge in [0.15, 0.2) is 10.9 Å². The lowest BCUT2D eigenvalue weighted by molar-refractivity contribution is -0.115. The minimum absolute atomic E-state index is 0.0677. The molecule has 1 aromatic heterocycles. The standard InChI is InChI=1S/C19H22N2O3S/c1-4-24-13-7-5-12(6-8-13)9-16(23)21-18-20-14-10-19(2,3)11-15(22)17(14)25-18/h5-8H,4,9-11H2,1-3H3,(H,20,21,23). The van der Waals surface area contributed by atoms with E-state index in [0.29, 0.717) is 23.0 Å². The van der Waals surface area contributed by atoms with Gasteiger partial charge in [-0.2, -0.15) is 0 Å². The van der Waals surface area contributed by atoms with Gasteiger partial charge in [0.05, 0.1) is 23.6 Å². The third-order valence-electron chi connectivity index (χ3n) is 4.08. The molecule has 1 heterocycles. The zero-order valence-corrected chi connectivity index (χ0v) is 15.5. The van der Waals surface area contributed by atoms with Gasteiger partial charge in [-0.3, -0.25) is 9.59 Å². The summed E-state index contributed by atoms with van der Waals surface area (Å²) in [5.41, 5.74) is 1.64. The van der Waals surface area contributed by atoms with E-state index in [9.17, 15) is 9.59 Å². The molecule has 25 heavy (non-hydrogen) atoms. The average Bonchev–Trinajstić information content (AvgIpc) is 2.90. The molecule has 1 aliphatic carbocycles. The van der Waals surface area contributed by atoms with E-state index >= 15 is 0 Å². The first kappa shape index (κ1) is 17.6. The van der Waals surface area contributed by atoms with Gasteiger partial charge in [0.25, 0.3) is 0 Å². The second-order valence-electron chi connectivity index (χ2n) is 7.04. The molecule has 1 N–H and O–H groups in total. The lowest BCUT2D eigenvalue weighted by Crippen LogP contribution is -2.26. The summed E-state index contributed by atoms with van der Waals surface area (Å²) in [4.78, 5) is 29.6. The topological polar surface area (TPSA) is 68.3 Å². The van der Waals surface area contributed by atoms with Crippen molar-refractivity contribution < 1.29 is 14.3 Å². The van der Waals surface area contributed by atoms with Crippen LogP contribution in [0.2, 0.25) is 0 Å². The number of hydrogen-bond acceptors (Lipinski definition) is 5. The maximum Gasteiger partial charge on any atom is 0.230 e. The molecular weight excluding hydrogens is 336 g/mol. The molecule has 0 atom stereocenters. The van der Waals surface area contributed by atoms with Crippen molar-refractivity contribution in [3.8, 4) is 5.75 Å². The summed E-state index contributed by atoms with van der Waals surface area (Å²) in [5.74, 6) is 0.776. The Morgan fingerprint density at radius 1 is 1.28 bits per heavy atom. The van der Waals surface area contributed by atoms with Crippen LogP contribution in [0.1, 0.15) is 48.1 Å². The molecule has 0 bridgehead atoms. The van der Waals surface area contributed by atoms with Gasteiger partial charge >= 0.3 is 0 Å². The number of ether oxygens (including phenoxy) is 1. The third-order valence-corrected chi connectivity index (χ3v) is 5.14. The fourth-order valence-corrected chi connectivity index (χ4v) is 3.93. The molecule has 0 unspecified atom stereocenters. The molecule has 3 rings (SSSR count). The zero-order chi connectivity index (χ0) is 18.0. The van der Waals surface area contributed by atoms with E-state index in [2.05, 4.69) is 24.1 Å². The molecule has 6 heteroatoms. The zero-order valence-electron chi connectivity index (χ0n) is 14.7. The monoisotopic (exact) mass is 358 g/mol. The Balaban J connectivity index is 1.65. The van der Waals surface area contributed by atoms with E-state index in [0.717, 1.165) is 23.4 Å². The third kappa shape index (κ3) is 4.25. The Morgan fingerprint density at radius 3 is 2.68 bits per heavy atom. The van der Waals surface area contributed by atoms with Crippen LogP contribution in [-0.2, 0) is 17.6 Å². The highest BCUT2D eigenvalue weighted by Crippen LogP contribution is 2.38. The summed E-state index contributed by atoms with van der Waals surface area (Å²) in [5, 5.41) is 3.33. The van der Waals surface area contributed by atoms with E-state index in [1.807, 2.05) is 31.2 Å². The van der Waals surface area contributed by atoms with Crippen molar-refractivity contribution >= 4 is 28.2 Å². The van der Waals surface area contributed by atoms with E-state index in [4.69, 9.17) is 4.74 Å². The number of benzene rings is 1. The first-order valence-electron chi connectivity index (χ1n) is 8.41. The van der Waals surface area contributed by atoms with Crippen LogP contribution in [0.25, 0.3) is 0 Å². The first-order valence-corrected chi connectivity index (χ1v) is 9.22. The Kier molecular flexibility index (Phi) is 4.90. The predicted molar refractivity (Wildman–Crippen MR) is 98.5 cm³/mol. The first-order chi connectivity index (χ1) is 11.9. The number of rotatable bonds is 5. The number of nitrogens with zero attached hydrogens (tertiary/aromatic N) is 1. The van der Waals surface area contributed by atoms with Crippen LogP contribution >= 0.6 is 11.3 Å². The Labute approximate surface area is 151 Å². The van der Waals surface area contributed by atoms with Crippen molar-refractivity contribution in [2.45, 2.75) is 40.0 Å². The number of carbonyl (C=O) groups is 2. The highest BCUT2D eigenvalue weighted by molar-refractivity contribution is 7.17. The van der Waals surface area contributed by atoms with E-state index in [-0.39, 0.29) is 23.5 Å². The Hall–Kier alpha value is -2.21. The average molecular weight is 358 g/mol. The van der Waals surface area contributed by atoms with Gasteiger partial charge < -0.3 is 10.1 Å².